The second kappa shape index (κ2) is 4.77. The zero-order chi connectivity index (χ0) is 15.3. The predicted octanol–water partition coefficient (Wildman–Crippen LogP) is 3.13. The zero-order valence-electron chi connectivity index (χ0n) is 12.1. The molecule has 0 atom stereocenters. The van der Waals surface area contributed by atoms with Crippen molar-refractivity contribution in [2.45, 2.75) is 31.8 Å². The van der Waals surface area contributed by atoms with Crippen LogP contribution in [0, 0.1) is 0 Å². The van der Waals surface area contributed by atoms with Crippen LogP contribution in [-0.2, 0) is 13.1 Å². The normalized spacial score (nSPS) is 16.6. The molecule has 2 N–H and O–H groups in total. The highest BCUT2D eigenvalue weighted by atomic mass is 16.3. The van der Waals surface area contributed by atoms with Gasteiger partial charge >= 0.3 is 0 Å². The average molecular weight is 295 g/mol. The predicted molar refractivity (Wildman–Crippen MR) is 81.8 cm³/mol. The van der Waals surface area contributed by atoms with E-state index < -0.39 is 0 Å². The van der Waals surface area contributed by atoms with Crippen LogP contribution in [0.25, 0.3) is 0 Å². The molecule has 1 amide bonds. The maximum atomic E-state index is 12.7. The van der Waals surface area contributed by atoms with Gasteiger partial charge in [0.25, 0.3) is 5.91 Å². The molecule has 2 aromatic carbocycles. The van der Waals surface area contributed by atoms with E-state index in [-0.39, 0.29) is 23.0 Å². The minimum absolute atomic E-state index is 0.0845. The zero-order valence-corrected chi connectivity index (χ0v) is 12.1. The molecule has 1 aliphatic carbocycles. The number of carbonyl (C=O) groups excluding carboxylic acids is 1. The molecule has 0 spiro atoms. The average Bonchev–Trinajstić information content (AvgIpc) is 3.24. The summed E-state index contributed by atoms with van der Waals surface area (Å²) in [6.45, 7) is 1.13. The highest BCUT2D eigenvalue weighted by Crippen LogP contribution is 2.46. The van der Waals surface area contributed by atoms with Crippen molar-refractivity contribution in [3.8, 4) is 11.5 Å². The summed E-state index contributed by atoms with van der Waals surface area (Å²) in [4.78, 5) is 14.5. The van der Waals surface area contributed by atoms with Crippen LogP contribution in [0.1, 0.15) is 45.8 Å². The topological polar surface area (TPSA) is 60.8 Å². The quantitative estimate of drug-likeness (QED) is 0.895. The van der Waals surface area contributed by atoms with Crippen LogP contribution in [0.3, 0.4) is 0 Å². The SMILES string of the molecule is O=C(c1cc(C2CC2)c(O)cc1O)N1Cc2ccccc2C1. The molecule has 2 aromatic rings. The summed E-state index contributed by atoms with van der Waals surface area (Å²) in [7, 11) is 0. The van der Waals surface area contributed by atoms with E-state index in [9.17, 15) is 15.0 Å². The summed E-state index contributed by atoms with van der Waals surface area (Å²) in [5, 5.41) is 20.0. The molecular weight excluding hydrogens is 278 g/mol. The molecule has 1 saturated carbocycles. The van der Waals surface area contributed by atoms with Gasteiger partial charge in [0.05, 0.1) is 5.56 Å². The van der Waals surface area contributed by atoms with Crippen LogP contribution in [0.2, 0.25) is 0 Å². The van der Waals surface area contributed by atoms with E-state index in [4.69, 9.17) is 0 Å². The Balaban J connectivity index is 1.65. The lowest BCUT2D eigenvalue weighted by Gasteiger charge is -2.17. The molecule has 1 aliphatic heterocycles. The minimum Gasteiger partial charge on any atom is -0.508 e. The summed E-state index contributed by atoms with van der Waals surface area (Å²) in [5.74, 6) is 0.0719. The third-order valence-corrected chi connectivity index (χ3v) is 4.52. The number of benzene rings is 2. The molecule has 2 aliphatic rings. The lowest BCUT2D eigenvalue weighted by molar-refractivity contribution is 0.0748. The van der Waals surface area contributed by atoms with Crippen molar-refractivity contribution in [3.63, 3.8) is 0 Å². The van der Waals surface area contributed by atoms with Gasteiger partial charge in [0.2, 0.25) is 0 Å². The summed E-state index contributed by atoms with van der Waals surface area (Å²) < 4.78 is 0. The van der Waals surface area contributed by atoms with Crippen molar-refractivity contribution in [1.82, 2.24) is 4.90 Å². The number of phenolic OH excluding ortho intramolecular Hbond substituents is 2. The highest BCUT2D eigenvalue weighted by molar-refractivity contribution is 5.97. The Morgan fingerprint density at radius 2 is 1.64 bits per heavy atom. The van der Waals surface area contributed by atoms with Crippen molar-refractivity contribution in [1.29, 1.82) is 0 Å². The molecular formula is C18H17NO3. The molecule has 4 heteroatoms. The van der Waals surface area contributed by atoms with Gasteiger partial charge in [-0.15, -0.1) is 0 Å². The first kappa shape index (κ1) is 13.2. The van der Waals surface area contributed by atoms with Crippen LogP contribution < -0.4 is 0 Å². The van der Waals surface area contributed by atoms with Gasteiger partial charge in [-0.05, 0) is 41.5 Å². The fourth-order valence-electron chi connectivity index (χ4n) is 3.13. The maximum Gasteiger partial charge on any atom is 0.258 e. The number of phenols is 2. The van der Waals surface area contributed by atoms with Gasteiger partial charge in [-0.2, -0.15) is 0 Å². The van der Waals surface area contributed by atoms with E-state index >= 15 is 0 Å². The summed E-state index contributed by atoms with van der Waals surface area (Å²) >= 11 is 0. The summed E-state index contributed by atoms with van der Waals surface area (Å²) in [6.07, 6.45) is 2.06. The second-order valence-electron chi connectivity index (χ2n) is 6.13. The number of rotatable bonds is 2. The fraction of sp³-hybridized carbons (Fsp3) is 0.278. The Labute approximate surface area is 128 Å². The molecule has 22 heavy (non-hydrogen) atoms. The molecule has 0 bridgehead atoms. The molecule has 112 valence electrons. The Hall–Kier alpha value is -2.49. The molecule has 0 saturated heterocycles. The number of amides is 1. The van der Waals surface area contributed by atoms with Crippen LogP contribution >= 0.6 is 0 Å². The smallest absolute Gasteiger partial charge is 0.258 e. The van der Waals surface area contributed by atoms with Gasteiger partial charge in [0.1, 0.15) is 11.5 Å². The van der Waals surface area contributed by atoms with Crippen molar-refractivity contribution in [2.75, 3.05) is 0 Å². The van der Waals surface area contributed by atoms with Gasteiger partial charge in [0.15, 0.2) is 0 Å². The van der Waals surface area contributed by atoms with Crippen LogP contribution in [0.15, 0.2) is 36.4 Å². The molecule has 1 fully saturated rings. The van der Waals surface area contributed by atoms with Gasteiger partial charge in [0, 0.05) is 19.2 Å². The standard InChI is InChI=1S/C18H17NO3/c20-16-8-17(21)15(7-14(16)11-5-6-11)18(22)19-9-12-3-1-2-4-13(12)10-19/h1-4,7-8,11,20-21H,5-6,9-10H2. The Kier molecular flexibility index (Phi) is 2.86. The summed E-state index contributed by atoms with van der Waals surface area (Å²) in [5.41, 5.74) is 3.36. The third-order valence-electron chi connectivity index (χ3n) is 4.52. The first-order chi connectivity index (χ1) is 10.6. The van der Waals surface area contributed by atoms with E-state index in [1.807, 2.05) is 24.3 Å². The highest BCUT2D eigenvalue weighted by Gasteiger charge is 2.31. The van der Waals surface area contributed by atoms with Crippen LogP contribution in [0.5, 0.6) is 11.5 Å². The molecule has 0 unspecified atom stereocenters. The first-order valence-corrected chi connectivity index (χ1v) is 7.55. The van der Waals surface area contributed by atoms with Gasteiger partial charge < -0.3 is 15.1 Å². The van der Waals surface area contributed by atoms with Gasteiger partial charge in [-0.1, -0.05) is 24.3 Å². The lowest BCUT2D eigenvalue weighted by Crippen LogP contribution is -2.25. The Morgan fingerprint density at radius 1 is 1.00 bits per heavy atom. The largest absolute Gasteiger partial charge is 0.508 e. The maximum absolute atomic E-state index is 12.7. The third kappa shape index (κ3) is 2.11. The number of fused-ring (bicyclic) bond motifs is 1. The van der Waals surface area contributed by atoms with Gasteiger partial charge in [-0.25, -0.2) is 0 Å². The number of carbonyl (C=O) groups is 1. The second-order valence-corrected chi connectivity index (χ2v) is 6.13. The molecule has 4 nitrogen and oxygen atoms in total. The van der Waals surface area contributed by atoms with E-state index in [0.717, 1.165) is 29.5 Å². The van der Waals surface area contributed by atoms with Crippen molar-refractivity contribution in [3.05, 3.63) is 58.7 Å². The Bertz CT molecular complexity index is 740. The molecule has 4 rings (SSSR count). The molecule has 1 heterocycles. The van der Waals surface area contributed by atoms with E-state index in [0.29, 0.717) is 19.0 Å². The van der Waals surface area contributed by atoms with Crippen LogP contribution in [-0.4, -0.2) is 21.0 Å². The minimum atomic E-state index is -0.185. The number of aromatic hydroxyl groups is 2. The Morgan fingerprint density at radius 3 is 2.23 bits per heavy atom. The molecule has 0 radical (unpaired) electrons. The van der Waals surface area contributed by atoms with Crippen molar-refractivity contribution >= 4 is 5.91 Å². The number of hydrogen-bond acceptors (Lipinski definition) is 3. The van der Waals surface area contributed by atoms with E-state index in [1.54, 1.807) is 11.0 Å². The molecule has 0 aromatic heterocycles. The van der Waals surface area contributed by atoms with E-state index in [1.165, 1.54) is 6.07 Å². The van der Waals surface area contributed by atoms with Crippen molar-refractivity contribution < 1.29 is 15.0 Å². The number of hydrogen-bond donors (Lipinski definition) is 2. The summed E-state index contributed by atoms with van der Waals surface area (Å²) in [6, 6.07) is 10.9. The van der Waals surface area contributed by atoms with E-state index in [2.05, 4.69) is 0 Å². The fourth-order valence-corrected chi connectivity index (χ4v) is 3.13. The lowest BCUT2D eigenvalue weighted by atomic mass is 10.0. The van der Waals surface area contributed by atoms with Gasteiger partial charge in [-0.3, -0.25) is 4.79 Å². The van der Waals surface area contributed by atoms with Crippen molar-refractivity contribution in [2.24, 2.45) is 0 Å². The van der Waals surface area contributed by atoms with Crippen LogP contribution in [0.4, 0.5) is 0 Å². The number of nitrogens with zero attached hydrogens (tertiary/aromatic N) is 1. The monoisotopic (exact) mass is 295 g/mol. The first-order valence-electron chi connectivity index (χ1n) is 7.55.